The first-order chi connectivity index (χ1) is 8.15. The van der Waals surface area contributed by atoms with Gasteiger partial charge in [-0.25, -0.2) is 4.39 Å². The summed E-state index contributed by atoms with van der Waals surface area (Å²) in [7, 11) is 0. The maximum atomic E-state index is 13.1. The fraction of sp³-hybridized carbons (Fsp3) is 0.417. The van der Waals surface area contributed by atoms with E-state index < -0.39 is 5.82 Å². The predicted molar refractivity (Wildman–Crippen MR) is 67.5 cm³/mol. The Labute approximate surface area is 108 Å². The molecule has 0 aromatic heterocycles. The fourth-order valence-corrected chi connectivity index (χ4v) is 2.40. The van der Waals surface area contributed by atoms with Crippen LogP contribution in [0.25, 0.3) is 0 Å². The fourth-order valence-electron chi connectivity index (χ4n) is 1.93. The van der Waals surface area contributed by atoms with Gasteiger partial charge in [-0.15, -0.1) is 0 Å². The molecule has 3 nitrogen and oxygen atoms in total. The minimum atomic E-state index is -0.413. The number of carbonyl (C=O) groups is 1. The van der Waals surface area contributed by atoms with Gasteiger partial charge in [0.05, 0.1) is 0 Å². The van der Waals surface area contributed by atoms with E-state index in [0.29, 0.717) is 22.6 Å². The van der Waals surface area contributed by atoms with Crippen molar-refractivity contribution in [3.05, 3.63) is 34.1 Å². The molecule has 1 saturated heterocycles. The molecule has 1 heterocycles. The number of amides is 1. The zero-order chi connectivity index (χ0) is 12.3. The highest BCUT2D eigenvalue weighted by Gasteiger charge is 2.15. The Morgan fingerprint density at radius 1 is 1.53 bits per heavy atom. The van der Waals surface area contributed by atoms with Crippen LogP contribution in [-0.2, 0) is 0 Å². The molecule has 2 rings (SSSR count). The lowest BCUT2D eigenvalue weighted by Crippen LogP contribution is -2.37. The second kappa shape index (κ2) is 5.60. The number of nitrogens with one attached hydrogen (secondary N) is 2. The van der Waals surface area contributed by atoms with Crippen LogP contribution in [0.3, 0.4) is 0 Å². The molecule has 2 N–H and O–H groups in total. The van der Waals surface area contributed by atoms with Crippen LogP contribution in [0.2, 0.25) is 0 Å². The highest BCUT2D eigenvalue weighted by atomic mass is 79.9. The second-order valence-corrected chi connectivity index (χ2v) is 5.08. The van der Waals surface area contributed by atoms with Gasteiger partial charge in [0, 0.05) is 22.6 Å². The van der Waals surface area contributed by atoms with Crippen molar-refractivity contribution in [1.29, 1.82) is 0 Å². The maximum Gasteiger partial charge on any atom is 0.251 e. The van der Waals surface area contributed by atoms with Crippen LogP contribution in [0.15, 0.2) is 22.7 Å². The SMILES string of the molecule is O=C(NCC1CCCN1)c1cc(F)cc(Br)c1. The van der Waals surface area contributed by atoms with Gasteiger partial charge in [-0.3, -0.25) is 4.79 Å². The van der Waals surface area contributed by atoms with E-state index in [1.165, 1.54) is 12.1 Å². The first kappa shape index (κ1) is 12.5. The van der Waals surface area contributed by atoms with Crippen molar-refractivity contribution in [3.63, 3.8) is 0 Å². The molecule has 0 aliphatic carbocycles. The first-order valence-electron chi connectivity index (χ1n) is 5.63. The third-order valence-electron chi connectivity index (χ3n) is 2.80. The summed E-state index contributed by atoms with van der Waals surface area (Å²) in [4.78, 5) is 11.8. The number of halogens is 2. The van der Waals surface area contributed by atoms with E-state index in [9.17, 15) is 9.18 Å². The Bertz CT molecular complexity index is 399. The molecular weight excluding hydrogens is 287 g/mol. The minimum absolute atomic E-state index is 0.237. The van der Waals surface area contributed by atoms with E-state index in [-0.39, 0.29) is 5.91 Å². The molecule has 0 bridgehead atoms. The van der Waals surface area contributed by atoms with Crippen LogP contribution in [0, 0.1) is 5.82 Å². The monoisotopic (exact) mass is 300 g/mol. The summed E-state index contributed by atoms with van der Waals surface area (Å²) < 4.78 is 13.7. The van der Waals surface area contributed by atoms with Crippen LogP contribution in [0.5, 0.6) is 0 Å². The molecule has 1 aromatic rings. The number of hydrogen-bond acceptors (Lipinski definition) is 2. The third-order valence-corrected chi connectivity index (χ3v) is 3.25. The maximum absolute atomic E-state index is 13.1. The molecule has 1 unspecified atom stereocenters. The van der Waals surface area contributed by atoms with Gasteiger partial charge in [-0.2, -0.15) is 0 Å². The Hall–Kier alpha value is -0.940. The van der Waals surface area contributed by atoms with Crippen LogP contribution < -0.4 is 10.6 Å². The summed E-state index contributed by atoms with van der Waals surface area (Å²) in [6, 6.07) is 4.52. The summed E-state index contributed by atoms with van der Waals surface area (Å²) >= 11 is 3.17. The van der Waals surface area contributed by atoms with Crippen molar-refractivity contribution in [1.82, 2.24) is 10.6 Å². The molecule has 0 spiro atoms. The Kier molecular flexibility index (Phi) is 4.12. The number of benzene rings is 1. The highest BCUT2D eigenvalue weighted by molar-refractivity contribution is 9.10. The Morgan fingerprint density at radius 3 is 3.00 bits per heavy atom. The van der Waals surface area contributed by atoms with Gasteiger partial charge in [0.1, 0.15) is 5.82 Å². The molecule has 1 aromatic carbocycles. The van der Waals surface area contributed by atoms with Crippen LogP contribution in [0.4, 0.5) is 4.39 Å². The van der Waals surface area contributed by atoms with Crippen molar-refractivity contribution < 1.29 is 9.18 Å². The summed E-state index contributed by atoms with van der Waals surface area (Å²) in [6.07, 6.45) is 2.22. The van der Waals surface area contributed by atoms with E-state index in [2.05, 4.69) is 26.6 Å². The molecule has 1 aliphatic heterocycles. The van der Waals surface area contributed by atoms with Crippen LogP contribution in [0.1, 0.15) is 23.2 Å². The molecule has 17 heavy (non-hydrogen) atoms. The molecular formula is C12H14BrFN2O. The molecule has 0 saturated carbocycles. The standard InChI is InChI=1S/C12H14BrFN2O/c13-9-4-8(5-10(14)6-9)12(17)16-7-11-2-1-3-15-11/h4-6,11,15H,1-3,7H2,(H,16,17). The largest absolute Gasteiger partial charge is 0.350 e. The molecule has 5 heteroatoms. The topological polar surface area (TPSA) is 41.1 Å². The average Bonchev–Trinajstić information content (AvgIpc) is 2.77. The van der Waals surface area contributed by atoms with Crippen molar-refractivity contribution in [2.45, 2.75) is 18.9 Å². The summed E-state index contributed by atoms with van der Waals surface area (Å²) in [6.45, 7) is 1.60. The zero-order valence-corrected chi connectivity index (χ0v) is 10.9. The van der Waals surface area contributed by atoms with Gasteiger partial charge in [-0.05, 0) is 37.6 Å². The number of carbonyl (C=O) groups excluding carboxylic acids is 1. The van der Waals surface area contributed by atoms with Gasteiger partial charge in [0.15, 0.2) is 0 Å². The van der Waals surface area contributed by atoms with Crippen molar-refractivity contribution >= 4 is 21.8 Å². The number of rotatable bonds is 3. The normalized spacial score (nSPS) is 19.3. The second-order valence-electron chi connectivity index (χ2n) is 4.16. The number of hydrogen-bond donors (Lipinski definition) is 2. The van der Waals surface area contributed by atoms with E-state index in [1.54, 1.807) is 6.07 Å². The third kappa shape index (κ3) is 3.51. The van der Waals surface area contributed by atoms with E-state index in [1.807, 2.05) is 0 Å². The highest BCUT2D eigenvalue weighted by Crippen LogP contribution is 2.14. The van der Waals surface area contributed by atoms with Crippen molar-refractivity contribution in [2.75, 3.05) is 13.1 Å². The summed E-state index contributed by atoms with van der Waals surface area (Å²) in [5, 5.41) is 6.09. The molecule has 92 valence electrons. The Morgan fingerprint density at radius 2 is 2.35 bits per heavy atom. The minimum Gasteiger partial charge on any atom is -0.350 e. The lowest BCUT2D eigenvalue weighted by Gasteiger charge is -2.11. The van der Waals surface area contributed by atoms with Crippen LogP contribution >= 0.6 is 15.9 Å². The lowest BCUT2D eigenvalue weighted by molar-refractivity contribution is 0.0950. The quantitative estimate of drug-likeness (QED) is 0.897. The van der Waals surface area contributed by atoms with Gasteiger partial charge < -0.3 is 10.6 Å². The average molecular weight is 301 g/mol. The van der Waals surface area contributed by atoms with E-state index in [0.717, 1.165) is 19.4 Å². The summed E-state index contributed by atoms with van der Waals surface area (Å²) in [5.74, 6) is -0.651. The summed E-state index contributed by atoms with van der Waals surface area (Å²) in [5.41, 5.74) is 0.342. The molecule has 1 aliphatic rings. The molecule has 1 fully saturated rings. The van der Waals surface area contributed by atoms with Crippen LogP contribution in [-0.4, -0.2) is 25.0 Å². The van der Waals surface area contributed by atoms with Crippen molar-refractivity contribution in [2.24, 2.45) is 0 Å². The Balaban J connectivity index is 1.94. The lowest BCUT2D eigenvalue weighted by atomic mass is 10.2. The van der Waals surface area contributed by atoms with Gasteiger partial charge in [0.2, 0.25) is 0 Å². The molecule has 1 atom stereocenters. The van der Waals surface area contributed by atoms with Crippen molar-refractivity contribution in [3.8, 4) is 0 Å². The zero-order valence-electron chi connectivity index (χ0n) is 9.30. The van der Waals surface area contributed by atoms with E-state index >= 15 is 0 Å². The predicted octanol–water partition coefficient (Wildman–Crippen LogP) is 2.07. The van der Waals surface area contributed by atoms with E-state index in [4.69, 9.17) is 0 Å². The smallest absolute Gasteiger partial charge is 0.251 e. The first-order valence-corrected chi connectivity index (χ1v) is 6.42. The molecule has 1 amide bonds. The molecule has 0 radical (unpaired) electrons. The van der Waals surface area contributed by atoms with Gasteiger partial charge >= 0.3 is 0 Å². The van der Waals surface area contributed by atoms with Gasteiger partial charge in [-0.1, -0.05) is 15.9 Å². The van der Waals surface area contributed by atoms with Gasteiger partial charge in [0.25, 0.3) is 5.91 Å².